The molecule has 31 heavy (non-hydrogen) atoms. The summed E-state index contributed by atoms with van der Waals surface area (Å²) in [6.07, 6.45) is 3.73. The molecule has 1 saturated heterocycles. The Bertz CT molecular complexity index is 1200. The van der Waals surface area contributed by atoms with Gasteiger partial charge in [0.15, 0.2) is 17.0 Å². The van der Waals surface area contributed by atoms with Crippen molar-refractivity contribution in [3.05, 3.63) is 42.9 Å². The molecule has 4 aromatic rings. The molecule has 0 bridgehead atoms. The molecule has 0 spiro atoms. The summed E-state index contributed by atoms with van der Waals surface area (Å²) < 4.78 is 14.9. The lowest BCUT2D eigenvalue weighted by Gasteiger charge is -2.34. The first-order chi connectivity index (χ1) is 15.2. The topological polar surface area (TPSA) is 83.1 Å². The third kappa shape index (κ3) is 3.40. The van der Waals surface area contributed by atoms with Crippen LogP contribution >= 0.6 is 0 Å². The minimum Gasteiger partial charge on any atom is -0.479 e. The Hall–Kier alpha value is -3.46. The molecule has 4 heterocycles. The minimum atomic E-state index is 0.193. The molecule has 0 saturated carbocycles. The van der Waals surface area contributed by atoms with Crippen molar-refractivity contribution in [2.45, 2.75) is 26.4 Å². The van der Waals surface area contributed by atoms with Crippen LogP contribution in [-0.2, 0) is 11.3 Å². The van der Waals surface area contributed by atoms with Crippen LogP contribution in [0.15, 0.2) is 42.9 Å². The fourth-order valence-electron chi connectivity index (χ4n) is 3.92. The van der Waals surface area contributed by atoms with Gasteiger partial charge in [-0.3, -0.25) is 0 Å². The second kappa shape index (κ2) is 7.99. The highest BCUT2D eigenvalue weighted by molar-refractivity contribution is 5.84. The predicted molar refractivity (Wildman–Crippen MR) is 118 cm³/mol. The molecule has 1 aliphatic heterocycles. The number of imidazole rings is 1. The van der Waals surface area contributed by atoms with Gasteiger partial charge in [0.05, 0.1) is 38.3 Å². The Morgan fingerprint density at radius 3 is 2.77 bits per heavy atom. The summed E-state index contributed by atoms with van der Waals surface area (Å²) >= 11 is 0. The largest absolute Gasteiger partial charge is 0.479 e. The van der Waals surface area contributed by atoms with Crippen molar-refractivity contribution in [1.82, 2.24) is 29.3 Å². The highest BCUT2D eigenvalue weighted by Gasteiger charge is 2.26. The molecule has 1 aliphatic rings. The number of hydrogen-bond donors (Lipinski definition) is 0. The normalized spacial score (nSPS) is 16.7. The minimum absolute atomic E-state index is 0.193. The van der Waals surface area contributed by atoms with E-state index in [4.69, 9.17) is 19.4 Å². The van der Waals surface area contributed by atoms with E-state index < -0.39 is 0 Å². The van der Waals surface area contributed by atoms with Gasteiger partial charge in [0.25, 0.3) is 5.95 Å². The molecule has 0 amide bonds. The number of fused-ring (bicyclic) bond motifs is 1. The number of nitrogens with zero attached hydrogens (tertiary/aromatic N) is 7. The maximum Gasteiger partial charge on any atom is 0.254 e. The number of anilines is 1. The zero-order chi connectivity index (χ0) is 21.4. The highest BCUT2D eigenvalue weighted by Crippen LogP contribution is 2.31. The number of aromatic nitrogens is 6. The van der Waals surface area contributed by atoms with Gasteiger partial charge in [-0.2, -0.15) is 9.97 Å². The number of rotatable bonds is 5. The lowest BCUT2D eigenvalue weighted by Crippen LogP contribution is -2.44. The standard InChI is InChI=1S/C22H25N7O2/c1-4-27-14-23-18-19(27)24-22(25-20(18)28-10-11-31-13-15(28)2)29-12-17(21(26-29)30-3)16-8-6-5-7-9-16/h5-9,12,14-15H,4,10-11,13H2,1-3H3/t15-/m0/s1. The fraction of sp³-hybridized carbons (Fsp3) is 0.364. The lowest BCUT2D eigenvalue weighted by atomic mass is 10.1. The van der Waals surface area contributed by atoms with E-state index in [2.05, 4.69) is 28.8 Å². The van der Waals surface area contributed by atoms with Gasteiger partial charge in [-0.25, -0.2) is 9.67 Å². The zero-order valence-electron chi connectivity index (χ0n) is 17.9. The van der Waals surface area contributed by atoms with Crippen LogP contribution < -0.4 is 9.64 Å². The van der Waals surface area contributed by atoms with Gasteiger partial charge in [0.2, 0.25) is 5.88 Å². The smallest absolute Gasteiger partial charge is 0.254 e. The maximum atomic E-state index is 5.62. The summed E-state index contributed by atoms with van der Waals surface area (Å²) in [6.45, 7) is 7.04. The summed E-state index contributed by atoms with van der Waals surface area (Å²) in [4.78, 5) is 16.6. The van der Waals surface area contributed by atoms with Crippen LogP contribution in [0, 0.1) is 0 Å². The Morgan fingerprint density at radius 2 is 2.03 bits per heavy atom. The van der Waals surface area contributed by atoms with Crippen molar-refractivity contribution in [1.29, 1.82) is 0 Å². The number of methoxy groups -OCH3 is 1. The van der Waals surface area contributed by atoms with Crippen molar-refractivity contribution >= 4 is 17.0 Å². The first-order valence-electron chi connectivity index (χ1n) is 10.5. The van der Waals surface area contributed by atoms with E-state index in [9.17, 15) is 0 Å². The molecule has 0 radical (unpaired) electrons. The van der Waals surface area contributed by atoms with Gasteiger partial charge in [0, 0.05) is 19.3 Å². The number of hydrogen-bond acceptors (Lipinski definition) is 7. The van der Waals surface area contributed by atoms with Gasteiger partial charge in [-0.05, 0) is 19.4 Å². The molecule has 0 aliphatic carbocycles. The number of ether oxygens (including phenoxy) is 2. The molecule has 160 valence electrons. The second-order valence-corrected chi connectivity index (χ2v) is 7.53. The Balaban J connectivity index is 1.68. The van der Waals surface area contributed by atoms with Crippen LogP contribution in [0.5, 0.6) is 5.88 Å². The van der Waals surface area contributed by atoms with E-state index in [0.29, 0.717) is 25.0 Å². The molecule has 1 fully saturated rings. The van der Waals surface area contributed by atoms with E-state index >= 15 is 0 Å². The van der Waals surface area contributed by atoms with Gasteiger partial charge < -0.3 is 18.9 Å². The van der Waals surface area contributed by atoms with E-state index in [1.807, 2.05) is 47.4 Å². The molecule has 0 N–H and O–H groups in total. The van der Waals surface area contributed by atoms with Crippen LogP contribution in [-0.4, -0.2) is 62.2 Å². The highest BCUT2D eigenvalue weighted by atomic mass is 16.5. The third-order valence-electron chi connectivity index (χ3n) is 5.58. The van der Waals surface area contributed by atoms with Gasteiger partial charge in [-0.1, -0.05) is 30.3 Å². The Kier molecular flexibility index (Phi) is 5.03. The average Bonchev–Trinajstić information content (AvgIpc) is 3.43. The van der Waals surface area contributed by atoms with Crippen LogP contribution in [0.1, 0.15) is 13.8 Å². The van der Waals surface area contributed by atoms with Crippen molar-refractivity contribution in [2.75, 3.05) is 31.8 Å². The molecule has 3 aromatic heterocycles. The molecule has 9 heteroatoms. The molecule has 1 aromatic carbocycles. The van der Waals surface area contributed by atoms with Crippen molar-refractivity contribution in [3.8, 4) is 23.0 Å². The summed E-state index contributed by atoms with van der Waals surface area (Å²) in [6, 6.07) is 10.2. The van der Waals surface area contributed by atoms with Gasteiger partial charge in [-0.15, -0.1) is 5.10 Å². The average molecular weight is 419 g/mol. The first-order valence-corrected chi connectivity index (χ1v) is 10.5. The van der Waals surface area contributed by atoms with E-state index in [1.54, 1.807) is 11.8 Å². The van der Waals surface area contributed by atoms with Crippen molar-refractivity contribution in [3.63, 3.8) is 0 Å². The van der Waals surface area contributed by atoms with E-state index in [0.717, 1.165) is 41.2 Å². The molecular formula is C22H25N7O2. The predicted octanol–water partition coefficient (Wildman–Crippen LogP) is 2.93. The fourth-order valence-corrected chi connectivity index (χ4v) is 3.92. The molecule has 5 rings (SSSR count). The monoisotopic (exact) mass is 419 g/mol. The molecule has 0 unspecified atom stereocenters. The number of morpholine rings is 1. The van der Waals surface area contributed by atoms with E-state index in [-0.39, 0.29) is 6.04 Å². The summed E-state index contributed by atoms with van der Waals surface area (Å²) in [5.41, 5.74) is 3.49. The summed E-state index contributed by atoms with van der Waals surface area (Å²) in [5.74, 6) is 1.82. The van der Waals surface area contributed by atoms with Gasteiger partial charge in [0.1, 0.15) is 0 Å². The summed E-state index contributed by atoms with van der Waals surface area (Å²) in [7, 11) is 1.62. The van der Waals surface area contributed by atoms with Crippen LogP contribution in [0.2, 0.25) is 0 Å². The van der Waals surface area contributed by atoms with Crippen molar-refractivity contribution < 1.29 is 9.47 Å². The van der Waals surface area contributed by atoms with Crippen LogP contribution in [0.4, 0.5) is 5.82 Å². The first kappa shape index (κ1) is 19.5. The third-order valence-corrected chi connectivity index (χ3v) is 5.58. The molecule has 1 atom stereocenters. The quantitative estimate of drug-likeness (QED) is 0.492. The van der Waals surface area contributed by atoms with E-state index in [1.165, 1.54) is 0 Å². The second-order valence-electron chi connectivity index (χ2n) is 7.53. The number of benzene rings is 1. The van der Waals surface area contributed by atoms with Gasteiger partial charge >= 0.3 is 0 Å². The zero-order valence-corrected chi connectivity index (χ0v) is 17.9. The van der Waals surface area contributed by atoms with Crippen molar-refractivity contribution in [2.24, 2.45) is 0 Å². The van der Waals surface area contributed by atoms with Crippen LogP contribution in [0.25, 0.3) is 28.2 Å². The van der Waals surface area contributed by atoms with Crippen LogP contribution in [0.3, 0.4) is 0 Å². The Labute approximate surface area is 180 Å². The molecular weight excluding hydrogens is 394 g/mol. The summed E-state index contributed by atoms with van der Waals surface area (Å²) in [5, 5.41) is 4.62. The number of aryl methyl sites for hydroxylation is 1. The SMILES string of the molecule is CCn1cnc2c(N3CCOC[C@@H]3C)nc(-n3cc(-c4ccccc4)c(OC)n3)nc21. The maximum absolute atomic E-state index is 5.62. The lowest BCUT2D eigenvalue weighted by molar-refractivity contribution is 0.0986. The Morgan fingerprint density at radius 1 is 1.19 bits per heavy atom. The molecule has 9 nitrogen and oxygen atoms in total.